The number of benzene rings is 1. The van der Waals surface area contributed by atoms with Crippen LogP contribution in [0.1, 0.15) is 26.3 Å². The van der Waals surface area contributed by atoms with E-state index in [4.69, 9.17) is 21.1 Å². The zero-order chi connectivity index (χ0) is 17.0. The van der Waals surface area contributed by atoms with Gasteiger partial charge in [-0.25, -0.2) is 9.59 Å². The molecular weight excluding hydrogens is 320 g/mol. The van der Waals surface area contributed by atoms with Gasteiger partial charge in [0.05, 0.1) is 11.6 Å². The van der Waals surface area contributed by atoms with Crippen LogP contribution in [-0.2, 0) is 15.9 Å². The first-order valence-corrected chi connectivity index (χ1v) is 7.97. The highest BCUT2D eigenvalue weighted by Gasteiger charge is 2.29. The summed E-state index contributed by atoms with van der Waals surface area (Å²) in [5.74, 6) is 0.240. The highest BCUT2D eigenvalue weighted by Crippen LogP contribution is 2.32. The van der Waals surface area contributed by atoms with Crippen molar-refractivity contribution in [1.82, 2.24) is 0 Å². The average Bonchev–Trinajstić information content (AvgIpc) is 2.86. The second-order valence-corrected chi connectivity index (χ2v) is 6.55. The van der Waals surface area contributed by atoms with Gasteiger partial charge in [-0.15, -0.1) is 11.6 Å². The Morgan fingerprint density at radius 3 is 2.74 bits per heavy atom. The number of halogens is 1. The van der Waals surface area contributed by atoms with Crippen molar-refractivity contribution in [3.63, 3.8) is 0 Å². The van der Waals surface area contributed by atoms with Crippen LogP contribution < -0.4 is 10.2 Å². The highest BCUT2D eigenvalue weighted by atomic mass is 35.5. The average molecular weight is 341 g/mol. The molecule has 1 heterocycles. The summed E-state index contributed by atoms with van der Waals surface area (Å²) < 4.78 is 10.3. The number of rotatable bonds is 3. The highest BCUT2D eigenvalue weighted by molar-refractivity contribution is 6.18. The molecule has 0 atom stereocenters. The minimum absolute atomic E-state index is 0.141. The van der Waals surface area contributed by atoms with Crippen LogP contribution in [0.5, 0.6) is 0 Å². The Morgan fingerprint density at radius 2 is 2.09 bits per heavy atom. The summed E-state index contributed by atoms with van der Waals surface area (Å²) >= 11 is 5.47. The van der Waals surface area contributed by atoms with Crippen LogP contribution in [0.4, 0.5) is 21.0 Å². The molecule has 7 heteroatoms. The lowest BCUT2D eigenvalue weighted by atomic mass is 10.1. The van der Waals surface area contributed by atoms with Gasteiger partial charge in [-0.2, -0.15) is 0 Å². The molecule has 2 rings (SSSR count). The third-order valence-electron chi connectivity index (χ3n) is 3.15. The van der Waals surface area contributed by atoms with Crippen molar-refractivity contribution >= 4 is 35.2 Å². The third kappa shape index (κ3) is 4.76. The van der Waals surface area contributed by atoms with E-state index < -0.39 is 17.8 Å². The maximum atomic E-state index is 12.3. The number of amides is 2. The second-order valence-electron chi connectivity index (χ2n) is 6.18. The minimum Gasteiger partial charge on any atom is -0.448 e. The van der Waals surface area contributed by atoms with Gasteiger partial charge in [-0.3, -0.25) is 10.2 Å². The van der Waals surface area contributed by atoms with Crippen molar-refractivity contribution in [3.8, 4) is 0 Å². The van der Waals surface area contributed by atoms with Crippen molar-refractivity contribution in [2.45, 2.75) is 32.8 Å². The molecular formula is C16H21ClN2O4. The molecule has 0 radical (unpaired) electrons. The fourth-order valence-electron chi connectivity index (χ4n) is 2.25. The Labute approximate surface area is 140 Å². The quantitative estimate of drug-likeness (QED) is 0.850. The van der Waals surface area contributed by atoms with Gasteiger partial charge in [-0.1, -0.05) is 6.07 Å². The van der Waals surface area contributed by atoms with E-state index >= 15 is 0 Å². The molecule has 1 N–H and O–H groups in total. The molecule has 6 nitrogen and oxygen atoms in total. The fraction of sp³-hybridized carbons (Fsp3) is 0.500. The lowest BCUT2D eigenvalue weighted by molar-refractivity contribution is 0.0584. The van der Waals surface area contributed by atoms with Crippen molar-refractivity contribution in [2.75, 3.05) is 29.2 Å². The van der Waals surface area contributed by atoms with Crippen LogP contribution in [0.2, 0.25) is 0 Å². The van der Waals surface area contributed by atoms with E-state index in [9.17, 15) is 9.59 Å². The zero-order valence-corrected chi connectivity index (χ0v) is 14.3. The SMILES string of the molecule is CC(C)(C)OC(=O)N1CCc2ccc(NC(=O)OCCCl)cc21. The fourth-order valence-corrected chi connectivity index (χ4v) is 2.33. The number of hydrogen-bond donors (Lipinski definition) is 1. The number of nitrogens with one attached hydrogen (secondary N) is 1. The Morgan fingerprint density at radius 1 is 1.35 bits per heavy atom. The number of nitrogens with zero attached hydrogens (tertiary/aromatic N) is 1. The summed E-state index contributed by atoms with van der Waals surface area (Å²) in [5, 5.41) is 2.62. The molecule has 0 aromatic heterocycles. The number of carbonyl (C=O) groups is 2. The van der Waals surface area contributed by atoms with Crippen molar-refractivity contribution in [3.05, 3.63) is 23.8 Å². The first kappa shape index (κ1) is 17.4. The molecule has 1 aliphatic rings. The molecule has 2 amide bonds. The Kier molecular flexibility index (Phi) is 5.36. The first-order chi connectivity index (χ1) is 10.8. The smallest absolute Gasteiger partial charge is 0.414 e. The van der Waals surface area contributed by atoms with Crippen LogP contribution in [0.25, 0.3) is 0 Å². The van der Waals surface area contributed by atoms with Crippen molar-refractivity contribution in [2.24, 2.45) is 0 Å². The number of ether oxygens (including phenoxy) is 2. The molecule has 0 aliphatic carbocycles. The zero-order valence-electron chi connectivity index (χ0n) is 13.5. The minimum atomic E-state index is -0.576. The summed E-state index contributed by atoms with van der Waals surface area (Å²) in [6, 6.07) is 5.41. The van der Waals surface area contributed by atoms with E-state index in [1.165, 1.54) is 0 Å². The predicted octanol–water partition coefficient (Wildman–Crippen LogP) is 3.77. The normalized spacial score (nSPS) is 13.5. The third-order valence-corrected chi connectivity index (χ3v) is 3.31. The lowest BCUT2D eigenvalue weighted by Gasteiger charge is -2.25. The maximum absolute atomic E-state index is 12.3. The van der Waals surface area contributed by atoms with Crippen molar-refractivity contribution in [1.29, 1.82) is 0 Å². The molecule has 0 spiro atoms. The first-order valence-electron chi connectivity index (χ1n) is 7.43. The largest absolute Gasteiger partial charge is 0.448 e. The van der Waals surface area contributed by atoms with E-state index in [1.54, 1.807) is 17.0 Å². The molecule has 0 unspecified atom stereocenters. The van der Waals surface area contributed by atoms with E-state index in [2.05, 4.69) is 5.32 Å². The van der Waals surface area contributed by atoms with Gasteiger partial charge >= 0.3 is 12.2 Å². The molecule has 126 valence electrons. The van der Waals surface area contributed by atoms with Gasteiger partial charge in [0.1, 0.15) is 12.2 Å². The van der Waals surface area contributed by atoms with E-state index in [0.717, 1.165) is 17.7 Å². The molecule has 0 saturated carbocycles. The summed E-state index contributed by atoms with van der Waals surface area (Å²) in [4.78, 5) is 25.4. The number of fused-ring (bicyclic) bond motifs is 1. The van der Waals surface area contributed by atoms with Gasteiger partial charge in [-0.05, 0) is 44.9 Å². The predicted molar refractivity (Wildman–Crippen MR) is 89.4 cm³/mol. The van der Waals surface area contributed by atoms with Gasteiger partial charge in [0, 0.05) is 12.2 Å². The number of alkyl halides is 1. The second kappa shape index (κ2) is 7.08. The molecule has 0 fully saturated rings. The Balaban J connectivity index is 2.10. The molecule has 0 bridgehead atoms. The van der Waals surface area contributed by atoms with E-state index in [-0.39, 0.29) is 12.5 Å². The Hall–Kier alpha value is -1.95. The lowest BCUT2D eigenvalue weighted by Crippen LogP contribution is -2.35. The molecule has 1 aliphatic heterocycles. The standard InChI is InChI=1S/C16H21ClN2O4/c1-16(2,3)23-15(21)19-8-6-11-4-5-12(10-13(11)19)18-14(20)22-9-7-17/h4-5,10H,6-9H2,1-3H3,(H,18,20). The van der Waals surface area contributed by atoms with E-state index in [1.807, 2.05) is 26.8 Å². The van der Waals surface area contributed by atoms with Crippen LogP contribution in [0, 0.1) is 0 Å². The summed E-state index contributed by atoms with van der Waals surface area (Å²) in [6.07, 6.45) is -0.212. The molecule has 23 heavy (non-hydrogen) atoms. The number of carbonyl (C=O) groups excluding carboxylic acids is 2. The number of hydrogen-bond acceptors (Lipinski definition) is 4. The van der Waals surface area contributed by atoms with E-state index in [0.29, 0.717) is 12.2 Å². The van der Waals surface area contributed by atoms with Crippen LogP contribution in [-0.4, -0.2) is 36.8 Å². The molecule has 1 aromatic carbocycles. The number of anilines is 2. The van der Waals surface area contributed by atoms with Gasteiger partial charge in [0.2, 0.25) is 0 Å². The van der Waals surface area contributed by atoms with Crippen molar-refractivity contribution < 1.29 is 19.1 Å². The maximum Gasteiger partial charge on any atom is 0.414 e. The monoisotopic (exact) mass is 340 g/mol. The Bertz CT molecular complexity index is 598. The summed E-state index contributed by atoms with van der Waals surface area (Å²) in [6.45, 7) is 6.18. The van der Waals surface area contributed by atoms with Crippen LogP contribution in [0.3, 0.4) is 0 Å². The summed E-state index contributed by atoms with van der Waals surface area (Å²) in [7, 11) is 0. The molecule has 1 aromatic rings. The van der Waals surface area contributed by atoms with Gasteiger partial charge in [0.25, 0.3) is 0 Å². The molecule has 0 saturated heterocycles. The van der Waals surface area contributed by atoms with Crippen LogP contribution >= 0.6 is 11.6 Å². The summed E-state index contributed by atoms with van der Waals surface area (Å²) in [5.41, 5.74) is 1.78. The van der Waals surface area contributed by atoms with Crippen LogP contribution in [0.15, 0.2) is 18.2 Å². The topological polar surface area (TPSA) is 67.9 Å². The van der Waals surface area contributed by atoms with Gasteiger partial charge < -0.3 is 9.47 Å². The van der Waals surface area contributed by atoms with Gasteiger partial charge in [0.15, 0.2) is 0 Å².